The third-order valence-corrected chi connectivity index (χ3v) is 2.77. The van der Waals surface area contributed by atoms with Gasteiger partial charge in [0.05, 0.1) is 5.69 Å². The van der Waals surface area contributed by atoms with Crippen LogP contribution in [0.5, 0.6) is 0 Å². The maximum Gasteiger partial charge on any atom is 0.162 e. The lowest BCUT2D eigenvalue weighted by molar-refractivity contribution is 0.547. The van der Waals surface area contributed by atoms with E-state index in [4.69, 9.17) is 4.42 Å². The quantitative estimate of drug-likeness (QED) is 0.841. The lowest BCUT2D eigenvalue weighted by Gasteiger charge is -1.91. The first-order valence-corrected chi connectivity index (χ1v) is 5.33. The van der Waals surface area contributed by atoms with Crippen LogP contribution in [0.1, 0.15) is 11.5 Å². The molecule has 0 aromatic carbocycles. The highest BCUT2D eigenvalue weighted by atomic mass is 32.1. The van der Waals surface area contributed by atoms with E-state index < -0.39 is 0 Å². The molecule has 0 radical (unpaired) electrons. The number of thiazole rings is 1. The Morgan fingerprint density at radius 2 is 2.36 bits per heavy atom. The maximum atomic E-state index is 5.49. The Bertz CT molecular complexity index is 419. The number of aromatic nitrogens is 1. The maximum absolute atomic E-state index is 5.49. The molecule has 3 nitrogen and oxygen atoms in total. The van der Waals surface area contributed by atoms with Gasteiger partial charge in [0.1, 0.15) is 5.76 Å². The summed E-state index contributed by atoms with van der Waals surface area (Å²) in [6, 6.07) is 3.91. The second-order valence-corrected chi connectivity index (χ2v) is 3.94. The van der Waals surface area contributed by atoms with Gasteiger partial charge in [-0.3, -0.25) is 0 Å². The Hall–Kier alpha value is -1.13. The van der Waals surface area contributed by atoms with Gasteiger partial charge in [0, 0.05) is 11.9 Å². The largest absolute Gasteiger partial charge is 0.459 e. The van der Waals surface area contributed by atoms with Crippen LogP contribution >= 0.6 is 11.3 Å². The summed E-state index contributed by atoms with van der Waals surface area (Å²) in [5.41, 5.74) is 1.06. The zero-order chi connectivity index (χ0) is 9.97. The van der Waals surface area contributed by atoms with E-state index in [2.05, 4.69) is 10.3 Å². The fourth-order valence-electron chi connectivity index (χ4n) is 1.23. The summed E-state index contributed by atoms with van der Waals surface area (Å²) >= 11 is 1.61. The van der Waals surface area contributed by atoms with Gasteiger partial charge in [0.2, 0.25) is 0 Å². The molecule has 0 saturated carbocycles. The summed E-state index contributed by atoms with van der Waals surface area (Å²) in [5, 5.41) is 6.06. The van der Waals surface area contributed by atoms with Crippen molar-refractivity contribution in [1.82, 2.24) is 10.3 Å². The molecule has 0 spiro atoms. The highest BCUT2D eigenvalue weighted by Gasteiger charge is 2.07. The topological polar surface area (TPSA) is 38.1 Å². The third-order valence-electron chi connectivity index (χ3n) is 1.86. The van der Waals surface area contributed by atoms with Crippen molar-refractivity contribution in [2.24, 2.45) is 0 Å². The van der Waals surface area contributed by atoms with Crippen LogP contribution in [0.25, 0.3) is 10.8 Å². The number of rotatable bonds is 3. The van der Waals surface area contributed by atoms with Gasteiger partial charge in [0.25, 0.3) is 0 Å². The van der Waals surface area contributed by atoms with Crippen LogP contribution < -0.4 is 5.32 Å². The molecule has 0 bridgehead atoms. The van der Waals surface area contributed by atoms with E-state index in [-0.39, 0.29) is 0 Å². The van der Waals surface area contributed by atoms with Crippen LogP contribution in [0.4, 0.5) is 0 Å². The zero-order valence-corrected chi connectivity index (χ0v) is 9.02. The average molecular weight is 208 g/mol. The molecule has 0 unspecified atom stereocenters. The van der Waals surface area contributed by atoms with Crippen LogP contribution in [-0.4, -0.2) is 12.0 Å². The minimum atomic E-state index is 0.802. The second kappa shape index (κ2) is 3.94. The molecule has 2 aromatic heterocycles. The predicted octanol–water partition coefficient (Wildman–Crippen LogP) is 2.43. The van der Waals surface area contributed by atoms with Gasteiger partial charge in [-0.15, -0.1) is 11.3 Å². The van der Waals surface area contributed by atoms with Crippen molar-refractivity contribution in [2.45, 2.75) is 13.5 Å². The van der Waals surface area contributed by atoms with E-state index in [1.54, 1.807) is 11.3 Å². The fraction of sp³-hybridized carbons (Fsp3) is 0.300. The Labute approximate surface area is 86.8 Å². The molecule has 1 N–H and O–H groups in total. The molecule has 0 atom stereocenters. The lowest BCUT2D eigenvalue weighted by Crippen LogP contribution is -2.04. The van der Waals surface area contributed by atoms with Gasteiger partial charge in [-0.25, -0.2) is 4.98 Å². The fourth-order valence-corrected chi connectivity index (χ4v) is 2.01. The molecule has 0 aliphatic heterocycles. The van der Waals surface area contributed by atoms with Gasteiger partial charge in [-0.1, -0.05) is 0 Å². The van der Waals surface area contributed by atoms with Crippen LogP contribution in [0, 0.1) is 6.92 Å². The van der Waals surface area contributed by atoms with Gasteiger partial charge < -0.3 is 9.73 Å². The van der Waals surface area contributed by atoms with Crippen molar-refractivity contribution in [3.63, 3.8) is 0 Å². The highest BCUT2D eigenvalue weighted by Crippen LogP contribution is 2.25. The number of hydrogen-bond acceptors (Lipinski definition) is 4. The minimum absolute atomic E-state index is 0.802. The molecule has 14 heavy (non-hydrogen) atoms. The van der Waals surface area contributed by atoms with Crippen molar-refractivity contribution < 1.29 is 4.42 Å². The summed E-state index contributed by atoms with van der Waals surface area (Å²) in [6.07, 6.45) is 0. The first-order chi connectivity index (χ1) is 6.79. The van der Waals surface area contributed by atoms with Crippen LogP contribution in [0.3, 0.4) is 0 Å². The van der Waals surface area contributed by atoms with Crippen molar-refractivity contribution >= 4 is 11.3 Å². The smallest absolute Gasteiger partial charge is 0.162 e. The number of hydrogen-bond donors (Lipinski definition) is 1. The van der Waals surface area contributed by atoms with E-state index in [9.17, 15) is 0 Å². The zero-order valence-electron chi connectivity index (χ0n) is 8.20. The van der Waals surface area contributed by atoms with Crippen molar-refractivity contribution in [1.29, 1.82) is 0 Å². The van der Waals surface area contributed by atoms with Crippen molar-refractivity contribution in [3.8, 4) is 10.8 Å². The second-order valence-electron chi connectivity index (χ2n) is 3.08. The summed E-state index contributed by atoms with van der Waals surface area (Å²) < 4.78 is 5.49. The monoisotopic (exact) mass is 208 g/mol. The molecule has 74 valence electrons. The lowest BCUT2D eigenvalue weighted by atomic mass is 10.4. The van der Waals surface area contributed by atoms with Crippen molar-refractivity contribution in [2.75, 3.05) is 7.05 Å². The van der Waals surface area contributed by atoms with Crippen molar-refractivity contribution in [3.05, 3.63) is 29.0 Å². The number of nitrogens with one attached hydrogen (secondary N) is 1. The minimum Gasteiger partial charge on any atom is -0.459 e. The first-order valence-electron chi connectivity index (χ1n) is 4.45. The number of aryl methyl sites for hydroxylation is 1. The molecule has 0 aliphatic rings. The number of furan rings is 1. The summed E-state index contributed by atoms with van der Waals surface area (Å²) in [7, 11) is 1.91. The Balaban J connectivity index is 2.24. The summed E-state index contributed by atoms with van der Waals surface area (Å²) in [5.74, 6) is 1.78. The standard InChI is InChI=1S/C10H12N2OS/c1-7-3-4-9(13-7)10-12-8(5-11-2)6-14-10/h3-4,6,11H,5H2,1-2H3. The van der Waals surface area contributed by atoms with Gasteiger partial charge in [0.15, 0.2) is 10.8 Å². The highest BCUT2D eigenvalue weighted by molar-refractivity contribution is 7.13. The SMILES string of the molecule is CNCc1csc(-c2ccc(C)o2)n1. The molecule has 2 heterocycles. The Kier molecular flexibility index (Phi) is 2.65. The summed E-state index contributed by atoms with van der Waals surface area (Å²) in [6.45, 7) is 2.74. The normalized spacial score (nSPS) is 10.7. The molecule has 0 aliphatic carbocycles. The predicted molar refractivity (Wildman–Crippen MR) is 57.3 cm³/mol. The Morgan fingerprint density at radius 1 is 1.50 bits per heavy atom. The average Bonchev–Trinajstić information content (AvgIpc) is 2.74. The van der Waals surface area contributed by atoms with E-state index >= 15 is 0 Å². The molecular weight excluding hydrogens is 196 g/mol. The van der Waals surface area contributed by atoms with E-state index in [0.29, 0.717) is 0 Å². The molecule has 0 fully saturated rings. The first kappa shape index (κ1) is 9.43. The van der Waals surface area contributed by atoms with Crippen LogP contribution in [0.15, 0.2) is 21.9 Å². The van der Waals surface area contributed by atoms with Gasteiger partial charge in [-0.2, -0.15) is 0 Å². The van der Waals surface area contributed by atoms with Gasteiger partial charge in [-0.05, 0) is 26.1 Å². The van der Waals surface area contributed by atoms with Gasteiger partial charge >= 0.3 is 0 Å². The van der Waals surface area contributed by atoms with Crippen LogP contribution in [0.2, 0.25) is 0 Å². The Morgan fingerprint density at radius 3 is 3.00 bits per heavy atom. The molecule has 0 amide bonds. The number of nitrogens with zero attached hydrogens (tertiary/aromatic N) is 1. The molecule has 4 heteroatoms. The summed E-state index contributed by atoms with van der Waals surface area (Å²) in [4.78, 5) is 4.45. The van der Waals surface area contributed by atoms with Crippen LogP contribution in [-0.2, 0) is 6.54 Å². The van der Waals surface area contributed by atoms with E-state index in [0.717, 1.165) is 28.8 Å². The van der Waals surface area contributed by atoms with E-state index in [1.165, 1.54) is 0 Å². The molecule has 2 rings (SSSR count). The third kappa shape index (κ3) is 1.86. The molecule has 0 saturated heterocycles. The van der Waals surface area contributed by atoms with E-state index in [1.807, 2.05) is 31.5 Å². The molecular formula is C10H12N2OS. The molecule has 2 aromatic rings.